The largest absolute Gasteiger partial charge is 0.464 e. The molecular formula is C10H15N3O5S2. The van der Waals surface area contributed by atoms with E-state index in [1.165, 1.54) is 12.6 Å². The molecule has 1 aromatic heterocycles. The van der Waals surface area contributed by atoms with Gasteiger partial charge in [-0.05, 0) is 6.92 Å². The molecule has 20 heavy (non-hydrogen) atoms. The highest BCUT2D eigenvalue weighted by atomic mass is 32.2. The molecule has 0 unspecified atom stereocenters. The summed E-state index contributed by atoms with van der Waals surface area (Å²) in [6.45, 7) is 1.79. The van der Waals surface area contributed by atoms with E-state index in [1.54, 1.807) is 6.92 Å². The van der Waals surface area contributed by atoms with Crippen molar-refractivity contribution in [2.45, 2.75) is 11.1 Å². The Hall–Kier alpha value is -1.52. The number of rotatable bonds is 6. The van der Waals surface area contributed by atoms with Gasteiger partial charge in [-0.15, -0.1) is 11.3 Å². The molecule has 0 saturated carbocycles. The fourth-order valence-corrected chi connectivity index (χ4v) is 3.78. The fourth-order valence-electron chi connectivity index (χ4n) is 1.33. The number of nitrogens with one attached hydrogen (secondary N) is 1. The van der Waals surface area contributed by atoms with Crippen molar-refractivity contribution in [3.63, 3.8) is 0 Å². The maximum absolute atomic E-state index is 12.3. The molecule has 10 heteroatoms. The Morgan fingerprint density at radius 2 is 2.15 bits per heavy atom. The number of amides is 1. The van der Waals surface area contributed by atoms with Gasteiger partial charge in [-0.2, -0.15) is 4.31 Å². The first-order valence-electron chi connectivity index (χ1n) is 5.59. The molecule has 0 saturated heterocycles. The summed E-state index contributed by atoms with van der Waals surface area (Å²) in [6.07, 6.45) is 0. The smallest absolute Gasteiger partial charge is 0.358 e. The first-order chi connectivity index (χ1) is 9.34. The molecule has 8 nitrogen and oxygen atoms in total. The van der Waals surface area contributed by atoms with Crippen molar-refractivity contribution in [2.24, 2.45) is 0 Å². The van der Waals surface area contributed by atoms with Crippen molar-refractivity contribution in [1.29, 1.82) is 0 Å². The molecule has 1 amide bonds. The number of aromatic nitrogens is 1. The predicted octanol–water partition coefficient (Wildman–Crippen LogP) is -0.314. The quantitative estimate of drug-likeness (QED) is 0.720. The van der Waals surface area contributed by atoms with Gasteiger partial charge in [0.1, 0.15) is 0 Å². The second-order valence-corrected chi connectivity index (χ2v) is 6.79. The van der Waals surface area contributed by atoms with Crippen molar-refractivity contribution in [2.75, 3.05) is 27.2 Å². The Morgan fingerprint density at radius 1 is 1.50 bits per heavy atom. The van der Waals surface area contributed by atoms with Crippen molar-refractivity contribution in [3.8, 4) is 0 Å². The lowest BCUT2D eigenvalue weighted by Gasteiger charge is -2.15. The van der Waals surface area contributed by atoms with Crippen LogP contribution < -0.4 is 5.32 Å². The molecule has 0 atom stereocenters. The number of carbonyl (C=O) groups excluding carboxylic acids is 2. The first-order valence-corrected chi connectivity index (χ1v) is 7.91. The standard InChI is InChI=1S/C10H15N3O5S2/c1-4-11-7(14)5-13(2)20(16,17)10-8(9(15)18-3)12-6-19-10/h6H,4-5H2,1-3H3,(H,11,14). The van der Waals surface area contributed by atoms with Gasteiger partial charge in [0.05, 0.1) is 19.2 Å². The van der Waals surface area contributed by atoms with E-state index < -0.39 is 21.9 Å². The third-order valence-corrected chi connectivity index (χ3v) is 5.45. The number of nitrogens with zero attached hydrogens (tertiary/aromatic N) is 2. The van der Waals surface area contributed by atoms with Crippen LogP contribution in [0, 0.1) is 0 Å². The molecule has 0 aliphatic carbocycles. The molecule has 1 heterocycles. The zero-order chi connectivity index (χ0) is 15.3. The lowest BCUT2D eigenvalue weighted by atomic mass is 10.5. The maximum atomic E-state index is 12.3. The maximum Gasteiger partial charge on any atom is 0.358 e. The van der Waals surface area contributed by atoms with Crippen LogP contribution in [0.25, 0.3) is 0 Å². The van der Waals surface area contributed by atoms with Crippen LogP contribution in [-0.4, -0.2) is 56.8 Å². The molecule has 1 rings (SSSR count). The van der Waals surface area contributed by atoms with E-state index in [1.807, 2.05) is 0 Å². The minimum atomic E-state index is -3.97. The van der Waals surface area contributed by atoms with Gasteiger partial charge in [0.2, 0.25) is 5.91 Å². The molecule has 0 aromatic carbocycles. The highest BCUT2D eigenvalue weighted by Crippen LogP contribution is 2.23. The molecule has 0 bridgehead atoms. The number of sulfonamides is 1. The van der Waals surface area contributed by atoms with E-state index in [0.29, 0.717) is 6.54 Å². The van der Waals surface area contributed by atoms with Gasteiger partial charge >= 0.3 is 5.97 Å². The lowest BCUT2D eigenvalue weighted by molar-refractivity contribution is -0.121. The Kier molecular flexibility index (Phi) is 5.60. The summed E-state index contributed by atoms with van der Waals surface area (Å²) in [5.41, 5.74) is 0.958. The van der Waals surface area contributed by atoms with Gasteiger partial charge in [0, 0.05) is 13.6 Å². The molecule has 0 aliphatic rings. The minimum absolute atomic E-state index is 0.240. The molecule has 0 fully saturated rings. The normalized spacial score (nSPS) is 11.4. The van der Waals surface area contributed by atoms with Gasteiger partial charge in [0.25, 0.3) is 10.0 Å². The van der Waals surface area contributed by atoms with Gasteiger partial charge < -0.3 is 10.1 Å². The lowest BCUT2D eigenvalue weighted by Crippen LogP contribution is -2.38. The van der Waals surface area contributed by atoms with Crippen molar-refractivity contribution >= 4 is 33.2 Å². The Bertz CT molecular complexity index is 596. The topological polar surface area (TPSA) is 106 Å². The molecule has 0 aliphatic heterocycles. The summed E-state index contributed by atoms with van der Waals surface area (Å²) in [6, 6.07) is 0. The summed E-state index contributed by atoms with van der Waals surface area (Å²) >= 11 is 0.796. The van der Waals surface area contributed by atoms with Crippen LogP contribution in [0.1, 0.15) is 17.4 Å². The number of esters is 1. The zero-order valence-corrected chi connectivity index (χ0v) is 12.9. The molecule has 112 valence electrons. The molecule has 1 N–H and O–H groups in total. The third-order valence-electron chi connectivity index (χ3n) is 2.30. The summed E-state index contributed by atoms with van der Waals surface area (Å²) in [4.78, 5) is 26.6. The van der Waals surface area contributed by atoms with Crippen LogP contribution in [-0.2, 0) is 19.6 Å². The zero-order valence-electron chi connectivity index (χ0n) is 11.2. The second-order valence-electron chi connectivity index (χ2n) is 3.69. The molecule has 0 spiro atoms. The van der Waals surface area contributed by atoms with E-state index >= 15 is 0 Å². The Balaban J connectivity index is 3.02. The van der Waals surface area contributed by atoms with Crippen molar-refractivity contribution in [1.82, 2.24) is 14.6 Å². The van der Waals surface area contributed by atoms with Gasteiger partial charge in [-0.3, -0.25) is 4.79 Å². The second kappa shape index (κ2) is 6.77. The molecular weight excluding hydrogens is 306 g/mol. The third kappa shape index (κ3) is 3.52. The van der Waals surface area contributed by atoms with E-state index in [4.69, 9.17) is 0 Å². The number of methoxy groups -OCH3 is 1. The molecule has 0 radical (unpaired) electrons. The van der Waals surface area contributed by atoms with Crippen LogP contribution in [0.5, 0.6) is 0 Å². The summed E-state index contributed by atoms with van der Waals surface area (Å²) in [5, 5.41) is 2.49. The Morgan fingerprint density at radius 3 is 2.70 bits per heavy atom. The van der Waals surface area contributed by atoms with Crippen molar-refractivity contribution < 1.29 is 22.7 Å². The van der Waals surface area contributed by atoms with E-state index in [2.05, 4.69) is 15.0 Å². The van der Waals surface area contributed by atoms with Crippen LogP contribution in [0.3, 0.4) is 0 Å². The number of carbonyl (C=O) groups is 2. The Labute approximate surface area is 120 Å². The number of ether oxygens (including phenoxy) is 1. The van der Waals surface area contributed by atoms with Crippen LogP contribution in [0.2, 0.25) is 0 Å². The summed E-state index contributed by atoms with van der Waals surface area (Å²) < 4.78 is 29.7. The average molecular weight is 321 g/mol. The first kappa shape index (κ1) is 16.5. The van der Waals surface area contributed by atoms with E-state index in [0.717, 1.165) is 22.8 Å². The number of likely N-dealkylation sites (N-methyl/N-ethyl adjacent to an activating group) is 2. The number of thiazole rings is 1. The van der Waals surface area contributed by atoms with E-state index in [9.17, 15) is 18.0 Å². The van der Waals surface area contributed by atoms with Crippen LogP contribution in [0.15, 0.2) is 9.72 Å². The van der Waals surface area contributed by atoms with Crippen LogP contribution >= 0.6 is 11.3 Å². The fraction of sp³-hybridized carbons (Fsp3) is 0.500. The highest BCUT2D eigenvalue weighted by molar-refractivity contribution is 7.91. The average Bonchev–Trinajstić information content (AvgIpc) is 2.87. The monoisotopic (exact) mass is 321 g/mol. The highest BCUT2D eigenvalue weighted by Gasteiger charge is 2.30. The SMILES string of the molecule is CCNC(=O)CN(C)S(=O)(=O)c1scnc1C(=O)OC. The van der Waals surface area contributed by atoms with Gasteiger partial charge in [-0.1, -0.05) is 0 Å². The van der Waals surface area contributed by atoms with E-state index in [-0.39, 0.29) is 16.4 Å². The van der Waals surface area contributed by atoms with Gasteiger partial charge in [0.15, 0.2) is 9.90 Å². The summed E-state index contributed by atoms with van der Waals surface area (Å²) in [7, 11) is -1.58. The number of hydrogen-bond acceptors (Lipinski definition) is 7. The van der Waals surface area contributed by atoms with Gasteiger partial charge in [-0.25, -0.2) is 18.2 Å². The predicted molar refractivity (Wildman–Crippen MR) is 72.0 cm³/mol. The van der Waals surface area contributed by atoms with Crippen molar-refractivity contribution in [3.05, 3.63) is 11.2 Å². The number of hydrogen-bond donors (Lipinski definition) is 1. The van der Waals surface area contributed by atoms with Crippen LogP contribution in [0.4, 0.5) is 0 Å². The summed E-state index contributed by atoms with van der Waals surface area (Å²) in [5.74, 6) is -1.26. The molecule has 1 aromatic rings. The minimum Gasteiger partial charge on any atom is -0.464 e.